The van der Waals surface area contributed by atoms with Gasteiger partial charge >= 0.3 is 0 Å². The lowest BCUT2D eigenvalue weighted by atomic mass is 9.56. The Balaban J connectivity index is 2.33. The van der Waals surface area contributed by atoms with Crippen molar-refractivity contribution in [2.24, 2.45) is 17.3 Å². The number of rotatable bonds is 4. The maximum Gasteiger partial charge on any atom is 0.192 e. The van der Waals surface area contributed by atoms with Crippen molar-refractivity contribution in [2.45, 2.75) is 90.6 Å². The Morgan fingerprint density at radius 2 is 2.00 bits per heavy atom. The van der Waals surface area contributed by atoms with Crippen LogP contribution in [-0.2, 0) is 9.22 Å². The molecule has 4 heteroatoms. The third-order valence-electron chi connectivity index (χ3n) is 7.66. The number of Topliss-reactive ketones (excluding diaryl/α,β-unsaturated/α-hetero) is 1. The number of hydrogen-bond donors (Lipinski definition) is 1. The number of fused-ring (bicyclic) bond motifs is 1. The molecule has 0 spiro atoms. The van der Waals surface area contributed by atoms with E-state index in [2.05, 4.69) is 54.3 Å². The van der Waals surface area contributed by atoms with E-state index < -0.39 is 13.9 Å². The lowest BCUT2D eigenvalue weighted by Gasteiger charge is -2.53. The third kappa shape index (κ3) is 3.40. The van der Waals surface area contributed by atoms with E-state index in [1.807, 2.05) is 13.0 Å². The van der Waals surface area contributed by atoms with Crippen molar-refractivity contribution in [3.05, 3.63) is 24.3 Å². The van der Waals surface area contributed by atoms with Crippen LogP contribution in [0.25, 0.3) is 0 Å². The second-order valence-electron chi connectivity index (χ2n) is 10.3. The van der Waals surface area contributed by atoms with E-state index in [9.17, 15) is 9.90 Å². The zero-order chi connectivity index (χ0) is 20.1. The third-order valence-corrected chi connectivity index (χ3v) is 12.2. The molecule has 0 aliphatic heterocycles. The van der Waals surface area contributed by atoms with Gasteiger partial charge in [-0.1, -0.05) is 53.2 Å². The minimum atomic E-state index is -1.86. The van der Waals surface area contributed by atoms with Crippen molar-refractivity contribution in [3.63, 3.8) is 0 Å². The summed E-state index contributed by atoms with van der Waals surface area (Å²) in [5.74, 6) is -0.108. The molecule has 1 fully saturated rings. The molecule has 0 unspecified atom stereocenters. The second-order valence-corrected chi connectivity index (χ2v) is 15.0. The van der Waals surface area contributed by atoms with Crippen LogP contribution >= 0.6 is 0 Å². The summed E-state index contributed by atoms with van der Waals surface area (Å²) in [7, 11) is -1.86. The molecule has 5 atom stereocenters. The molecule has 148 valence electrons. The van der Waals surface area contributed by atoms with Gasteiger partial charge in [0.2, 0.25) is 0 Å². The minimum Gasteiger partial charge on any atom is -0.414 e. The fourth-order valence-electron chi connectivity index (χ4n) is 4.15. The van der Waals surface area contributed by atoms with Gasteiger partial charge in [0.15, 0.2) is 14.1 Å². The van der Waals surface area contributed by atoms with E-state index in [-0.39, 0.29) is 34.2 Å². The molecular formula is C22H38O3Si. The summed E-state index contributed by atoms with van der Waals surface area (Å²) < 4.78 is 6.75. The standard InChI is InChI=1S/C22H38O3Si/c1-10-15(2)22(24)13-17-11-12-18(25-26(8,9)20(4,5)6)16(3)21(17,7)14-19(22)23/h10,13,15-16,18,24H,1,11-12,14H2,2-9H3/t15-,16+,18-,21-,22+/m1/s1. The number of aliphatic hydroxyl groups is 1. The summed E-state index contributed by atoms with van der Waals surface area (Å²) in [6, 6.07) is 0. The van der Waals surface area contributed by atoms with Gasteiger partial charge in [0.25, 0.3) is 0 Å². The molecule has 0 aromatic carbocycles. The molecular weight excluding hydrogens is 340 g/mol. The average molecular weight is 379 g/mol. The van der Waals surface area contributed by atoms with Crippen molar-refractivity contribution in [1.29, 1.82) is 0 Å². The van der Waals surface area contributed by atoms with Gasteiger partial charge in [-0.25, -0.2) is 0 Å². The minimum absolute atomic E-state index is 0.0871. The highest BCUT2D eigenvalue weighted by Crippen LogP contribution is 2.54. The van der Waals surface area contributed by atoms with Crippen molar-refractivity contribution < 1.29 is 14.3 Å². The number of ketones is 1. The Labute approximate surface area is 161 Å². The van der Waals surface area contributed by atoms with Crippen LogP contribution in [0.2, 0.25) is 18.1 Å². The Hall–Kier alpha value is -0.713. The van der Waals surface area contributed by atoms with Crippen LogP contribution in [-0.4, -0.2) is 30.9 Å². The topological polar surface area (TPSA) is 46.5 Å². The van der Waals surface area contributed by atoms with Gasteiger partial charge in [-0.2, -0.15) is 0 Å². The van der Waals surface area contributed by atoms with Crippen LogP contribution in [0.4, 0.5) is 0 Å². The summed E-state index contributed by atoms with van der Waals surface area (Å²) >= 11 is 0. The van der Waals surface area contributed by atoms with Gasteiger partial charge in [-0.15, -0.1) is 6.58 Å². The smallest absolute Gasteiger partial charge is 0.192 e. The molecule has 0 saturated heterocycles. The molecule has 0 aromatic heterocycles. The highest BCUT2D eigenvalue weighted by atomic mass is 28.4. The Kier molecular flexibility index (Phi) is 5.57. The average Bonchev–Trinajstić information content (AvgIpc) is 2.51. The van der Waals surface area contributed by atoms with E-state index in [0.717, 1.165) is 12.8 Å². The number of allylic oxidation sites excluding steroid dienone is 1. The van der Waals surface area contributed by atoms with E-state index in [0.29, 0.717) is 6.42 Å². The van der Waals surface area contributed by atoms with Crippen LogP contribution in [0, 0.1) is 17.3 Å². The number of carbonyl (C=O) groups is 1. The first kappa shape index (κ1) is 21.6. The van der Waals surface area contributed by atoms with Crippen molar-refractivity contribution in [1.82, 2.24) is 0 Å². The SMILES string of the molecule is C=C[C@@H](C)[C@@]1(O)C=C2CC[C@@H](O[Si](C)(C)C(C)(C)C)[C@H](C)[C@@]2(C)CC1=O. The second kappa shape index (κ2) is 6.71. The summed E-state index contributed by atoms with van der Waals surface area (Å²) in [5, 5.41) is 11.2. The predicted molar refractivity (Wildman–Crippen MR) is 111 cm³/mol. The Morgan fingerprint density at radius 3 is 2.50 bits per heavy atom. The molecule has 3 nitrogen and oxygen atoms in total. The van der Waals surface area contributed by atoms with Crippen molar-refractivity contribution in [3.8, 4) is 0 Å². The van der Waals surface area contributed by atoms with Crippen LogP contribution in [0.15, 0.2) is 24.3 Å². The first-order valence-electron chi connectivity index (χ1n) is 9.97. The Morgan fingerprint density at radius 1 is 1.42 bits per heavy atom. The van der Waals surface area contributed by atoms with Gasteiger partial charge in [-0.3, -0.25) is 4.79 Å². The monoisotopic (exact) mass is 378 g/mol. The van der Waals surface area contributed by atoms with Gasteiger partial charge in [-0.05, 0) is 43.0 Å². The highest BCUT2D eigenvalue weighted by Gasteiger charge is 2.54. The molecule has 1 N–H and O–H groups in total. The molecule has 0 heterocycles. The van der Waals surface area contributed by atoms with Crippen LogP contribution in [0.5, 0.6) is 0 Å². The van der Waals surface area contributed by atoms with E-state index in [1.54, 1.807) is 6.08 Å². The van der Waals surface area contributed by atoms with E-state index in [1.165, 1.54) is 5.57 Å². The summed E-state index contributed by atoms with van der Waals surface area (Å²) in [6.45, 7) is 21.4. The van der Waals surface area contributed by atoms with Gasteiger partial charge in [0, 0.05) is 23.9 Å². The molecule has 0 radical (unpaired) electrons. The summed E-state index contributed by atoms with van der Waals surface area (Å²) in [4.78, 5) is 12.9. The van der Waals surface area contributed by atoms with Crippen molar-refractivity contribution >= 4 is 14.1 Å². The summed E-state index contributed by atoms with van der Waals surface area (Å²) in [5.41, 5.74) is -0.408. The number of hydrogen-bond acceptors (Lipinski definition) is 3. The zero-order valence-corrected chi connectivity index (χ0v) is 19.0. The zero-order valence-electron chi connectivity index (χ0n) is 18.0. The molecule has 2 aliphatic carbocycles. The first-order chi connectivity index (χ1) is 11.7. The van der Waals surface area contributed by atoms with Crippen LogP contribution in [0.1, 0.15) is 60.8 Å². The molecule has 0 aromatic rings. The fourth-order valence-corrected chi connectivity index (χ4v) is 5.58. The molecule has 1 saturated carbocycles. The normalized spacial score (nSPS) is 37.0. The van der Waals surface area contributed by atoms with E-state index in [4.69, 9.17) is 4.43 Å². The van der Waals surface area contributed by atoms with E-state index >= 15 is 0 Å². The highest BCUT2D eigenvalue weighted by molar-refractivity contribution is 6.74. The summed E-state index contributed by atoms with van der Waals surface area (Å²) in [6.07, 6.45) is 5.93. The maximum atomic E-state index is 12.9. The van der Waals surface area contributed by atoms with Gasteiger partial charge in [0.1, 0.15) is 5.60 Å². The molecule has 2 rings (SSSR count). The molecule has 2 aliphatic rings. The Bertz CT molecular complexity index is 615. The predicted octanol–water partition coefficient (Wildman–Crippen LogP) is 5.27. The quantitative estimate of drug-likeness (QED) is 0.536. The lowest BCUT2D eigenvalue weighted by molar-refractivity contribution is -0.141. The largest absolute Gasteiger partial charge is 0.414 e. The molecule has 0 bridgehead atoms. The van der Waals surface area contributed by atoms with Crippen molar-refractivity contribution in [2.75, 3.05) is 0 Å². The van der Waals surface area contributed by atoms with Crippen LogP contribution < -0.4 is 0 Å². The fraction of sp³-hybridized carbons (Fsp3) is 0.773. The van der Waals surface area contributed by atoms with Gasteiger partial charge < -0.3 is 9.53 Å². The van der Waals surface area contributed by atoms with Gasteiger partial charge in [0.05, 0.1) is 0 Å². The number of carbonyl (C=O) groups excluding carboxylic acids is 1. The molecule has 0 amide bonds. The maximum absolute atomic E-state index is 12.9. The first-order valence-corrected chi connectivity index (χ1v) is 12.9. The molecule has 26 heavy (non-hydrogen) atoms. The lowest BCUT2D eigenvalue weighted by Crippen LogP contribution is -2.55. The van der Waals surface area contributed by atoms with Crippen LogP contribution in [0.3, 0.4) is 0 Å².